The fourth-order valence-electron chi connectivity index (χ4n) is 1.45. The fraction of sp³-hybridized carbons (Fsp3) is 0.417. The van der Waals surface area contributed by atoms with Crippen molar-refractivity contribution in [1.82, 2.24) is 0 Å². The van der Waals surface area contributed by atoms with Crippen LogP contribution in [-0.2, 0) is 9.53 Å². The lowest BCUT2D eigenvalue weighted by Gasteiger charge is -2.17. The standard InChI is InChI=1S/C12H16FNO4.ClH/c1-3-18-12(16)10(13)11(14)8-6-7(17-2)4-5-9(8)15;/h4-6,10-11,15H,3,14H2,1-2H3;1H/t10?,11-;/m1./s1. The van der Waals surface area contributed by atoms with Gasteiger partial charge in [-0.1, -0.05) is 0 Å². The summed E-state index contributed by atoms with van der Waals surface area (Å²) in [6.45, 7) is 1.63. The number of carbonyl (C=O) groups is 1. The number of phenolic OH excluding ortho intramolecular Hbond substituents is 1. The summed E-state index contributed by atoms with van der Waals surface area (Å²) in [6.07, 6.45) is -2.04. The minimum absolute atomic E-state index is 0. The Balaban J connectivity index is 0.00000324. The van der Waals surface area contributed by atoms with Crippen LogP contribution in [-0.4, -0.2) is 31.0 Å². The molecule has 0 amide bonds. The molecule has 0 saturated carbocycles. The zero-order valence-electron chi connectivity index (χ0n) is 10.6. The second-order valence-corrected chi connectivity index (χ2v) is 3.60. The number of hydrogen-bond acceptors (Lipinski definition) is 5. The number of rotatable bonds is 5. The summed E-state index contributed by atoms with van der Waals surface area (Å²) in [4.78, 5) is 11.2. The Kier molecular flexibility index (Phi) is 7.18. The SMILES string of the molecule is CCOC(=O)C(F)[C@H](N)c1cc(OC)ccc1O.Cl. The molecule has 108 valence electrons. The van der Waals surface area contributed by atoms with Gasteiger partial charge in [0.05, 0.1) is 19.8 Å². The number of halogens is 2. The van der Waals surface area contributed by atoms with E-state index in [1.807, 2.05) is 0 Å². The molecule has 0 aromatic heterocycles. The van der Waals surface area contributed by atoms with Crippen LogP contribution in [0.15, 0.2) is 18.2 Å². The summed E-state index contributed by atoms with van der Waals surface area (Å²) in [5.41, 5.74) is 5.70. The molecule has 19 heavy (non-hydrogen) atoms. The molecule has 1 unspecified atom stereocenters. The Bertz CT molecular complexity index is 430. The van der Waals surface area contributed by atoms with Gasteiger partial charge in [-0.15, -0.1) is 12.4 Å². The molecule has 1 aromatic rings. The van der Waals surface area contributed by atoms with Crippen molar-refractivity contribution in [3.63, 3.8) is 0 Å². The van der Waals surface area contributed by atoms with Gasteiger partial charge in [0.2, 0.25) is 6.17 Å². The van der Waals surface area contributed by atoms with Crippen LogP contribution in [0.25, 0.3) is 0 Å². The van der Waals surface area contributed by atoms with Crippen molar-refractivity contribution in [1.29, 1.82) is 0 Å². The molecule has 2 atom stereocenters. The summed E-state index contributed by atoms with van der Waals surface area (Å²) < 4.78 is 23.2. The highest BCUT2D eigenvalue weighted by molar-refractivity contribution is 5.85. The van der Waals surface area contributed by atoms with Crippen LogP contribution in [0.1, 0.15) is 18.5 Å². The Morgan fingerprint density at radius 3 is 2.68 bits per heavy atom. The van der Waals surface area contributed by atoms with Gasteiger partial charge in [0, 0.05) is 5.56 Å². The minimum Gasteiger partial charge on any atom is -0.508 e. The van der Waals surface area contributed by atoms with Crippen molar-refractivity contribution in [2.45, 2.75) is 19.1 Å². The van der Waals surface area contributed by atoms with Crippen molar-refractivity contribution in [2.75, 3.05) is 13.7 Å². The fourth-order valence-corrected chi connectivity index (χ4v) is 1.45. The summed E-state index contributed by atoms with van der Waals surface area (Å²) in [6, 6.07) is 2.90. The first-order valence-electron chi connectivity index (χ1n) is 5.44. The smallest absolute Gasteiger partial charge is 0.342 e. The third kappa shape index (κ3) is 4.25. The van der Waals surface area contributed by atoms with Gasteiger partial charge in [0.25, 0.3) is 0 Å². The molecule has 0 fully saturated rings. The Labute approximate surface area is 116 Å². The van der Waals surface area contributed by atoms with E-state index >= 15 is 0 Å². The number of nitrogens with two attached hydrogens (primary N) is 1. The largest absolute Gasteiger partial charge is 0.508 e. The number of methoxy groups -OCH3 is 1. The third-order valence-electron chi connectivity index (χ3n) is 2.42. The van der Waals surface area contributed by atoms with Gasteiger partial charge in [-0.2, -0.15) is 0 Å². The average Bonchev–Trinajstić information content (AvgIpc) is 2.38. The number of ether oxygens (including phenoxy) is 2. The van der Waals surface area contributed by atoms with Crippen LogP contribution in [0.5, 0.6) is 11.5 Å². The Hall–Kier alpha value is -1.53. The van der Waals surface area contributed by atoms with Gasteiger partial charge >= 0.3 is 5.97 Å². The lowest BCUT2D eigenvalue weighted by Crippen LogP contribution is -2.31. The zero-order chi connectivity index (χ0) is 13.7. The first-order valence-corrected chi connectivity index (χ1v) is 5.44. The lowest BCUT2D eigenvalue weighted by molar-refractivity contribution is -0.149. The summed E-state index contributed by atoms with van der Waals surface area (Å²) in [5, 5.41) is 9.61. The highest BCUT2D eigenvalue weighted by Gasteiger charge is 2.29. The van der Waals surface area contributed by atoms with E-state index < -0.39 is 18.2 Å². The van der Waals surface area contributed by atoms with Crippen LogP contribution in [0.4, 0.5) is 4.39 Å². The highest BCUT2D eigenvalue weighted by atomic mass is 35.5. The van der Waals surface area contributed by atoms with Crippen LogP contribution in [0.2, 0.25) is 0 Å². The Morgan fingerprint density at radius 1 is 1.53 bits per heavy atom. The maximum Gasteiger partial charge on any atom is 0.342 e. The van der Waals surface area contributed by atoms with E-state index in [9.17, 15) is 14.3 Å². The Morgan fingerprint density at radius 2 is 2.16 bits per heavy atom. The number of alkyl halides is 1. The summed E-state index contributed by atoms with van der Waals surface area (Å²) in [5.74, 6) is -0.836. The zero-order valence-corrected chi connectivity index (χ0v) is 11.4. The molecular formula is C12H17ClFNO4. The molecule has 1 rings (SSSR count). The van der Waals surface area contributed by atoms with E-state index in [0.29, 0.717) is 5.75 Å². The topological polar surface area (TPSA) is 81.8 Å². The highest BCUT2D eigenvalue weighted by Crippen LogP contribution is 2.30. The van der Waals surface area contributed by atoms with E-state index in [4.69, 9.17) is 10.5 Å². The first kappa shape index (κ1) is 17.5. The quantitative estimate of drug-likeness (QED) is 0.808. The predicted octanol–water partition coefficient (Wildman–Crippen LogP) is 1.72. The van der Waals surface area contributed by atoms with Crippen molar-refractivity contribution < 1.29 is 23.8 Å². The predicted molar refractivity (Wildman–Crippen MR) is 70.4 cm³/mol. The molecule has 3 N–H and O–H groups in total. The van der Waals surface area contributed by atoms with E-state index in [0.717, 1.165) is 0 Å². The maximum atomic E-state index is 13.7. The van der Waals surface area contributed by atoms with E-state index in [1.54, 1.807) is 6.92 Å². The van der Waals surface area contributed by atoms with Gasteiger partial charge in [0.15, 0.2) is 0 Å². The molecule has 7 heteroatoms. The van der Waals surface area contributed by atoms with Gasteiger partial charge in [0.1, 0.15) is 11.5 Å². The number of esters is 1. The van der Waals surface area contributed by atoms with Gasteiger partial charge in [-0.3, -0.25) is 0 Å². The van der Waals surface area contributed by atoms with Crippen molar-refractivity contribution in [3.8, 4) is 11.5 Å². The van der Waals surface area contributed by atoms with Gasteiger partial charge in [-0.05, 0) is 25.1 Å². The number of carbonyl (C=O) groups excluding carboxylic acids is 1. The summed E-state index contributed by atoms with van der Waals surface area (Å²) >= 11 is 0. The molecule has 0 heterocycles. The number of aromatic hydroxyl groups is 1. The van der Waals surface area contributed by atoms with Gasteiger partial charge in [-0.25, -0.2) is 9.18 Å². The lowest BCUT2D eigenvalue weighted by atomic mass is 10.0. The van der Waals surface area contributed by atoms with Crippen molar-refractivity contribution in [2.24, 2.45) is 5.73 Å². The van der Waals surface area contributed by atoms with Crippen molar-refractivity contribution >= 4 is 18.4 Å². The molecule has 0 aliphatic heterocycles. The van der Waals surface area contributed by atoms with Gasteiger partial charge < -0.3 is 20.3 Å². The third-order valence-corrected chi connectivity index (χ3v) is 2.42. The molecule has 1 aromatic carbocycles. The van der Waals surface area contributed by atoms with E-state index in [-0.39, 0.29) is 30.3 Å². The van der Waals surface area contributed by atoms with E-state index in [2.05, 4.69) is 4.74 Å². The molecule has 0 spiro atoms. The maximum absolute atomic E-state index is 13.7. The second kappa shape index (κ2) is 7.81. The molecular weight excluding hydrogens is 277 g/mol. The van der Waals surface area contributed by atoms with Crippen LogP contribution < -0.4 is 10.5 Å². The number of phenols is 1. The first-order chi connectivity index (χ1) is 8.51. The second-order valence-electron chi connectivity index (χ2n) is 3.60. The average molecular weight is 294 g/mol. The number of hydrogen-bond donors (Lipinski definition) is 2. The normalized spacial score (nSPS) is 13.1. The minimum atomic E-state index is -2.04. The molecule has 0 aliphatic carbocycles. The van der Waals surface area contributed by atoms with E-state index in [1.165, 1.54) is 25.3 Å². The molecule has 0 radical (unpaired) electrons. The molecule has 0 saturated heterocycles. The number of benzene rings is 1. The van der Waals surface area contributed by atoms with Crippen molar-refractivity contribution in [3.05, 3.63) is 23.8 Å². The van der Waals surface area contributed by atoms with Crippen LogP contribution in [0.3, 0.4) is 0 Å². The monoisotopic (exact) mass is 293 g/mol. The summed E-state index contributed by atoms with van der Waals surface area (Å²) in [7, 11) is 1.43. The van der Waals surface area contributed by atoms with Crippen LogP contribution >= 0.6 is 12.4 Å². The molecule has 0 bridgehead atoms. The molecule has 0 aliphatic rings. The molecule has 5 nitrogen and oxygen atoms in total. The van der Waals surface area contributed by atoms with Crippen LogP contribution in [0, 0.1) is 0 Å².